The zero-order valence-corrected chi connectivity index (χ0v) is 11.1. The first-order chi connectivity index (χ1) is 9.65. The number of aromatic nitrogens is 1. The quantitative estimate of drug-likeness (QED) is 0.847. The second-order valence-electron chi connectivity index (χ2n) is 4.72. The summed E-state index contributed by atoms with van der Waals surface area (Å²) in [6, 6.07) is 12.0. The Balaban J connectivity index is 1.94. The van der Waals surface area contributed by atoms with E-state index in [-0.39, 0.29) is 6.42 Å². The lowest BCUT2D eigenvalue weighted by molar-refractivity contribution is -0.139. The molecule has 1 unspecified atom stereocenters. The molecule has 0 aliphatic rings. The van der Waals surface area contributed by atoms with Crippen LogP contribution in [0, 0.1) is 0 Å². The zero-order valence-electron chi connectivity index (χ0n) is 11.1. The number of aliphatic hydroxyl groups excluding tert-OH is 1. The van der Waals surface area contributed by atoms with Gasteiger partial charge in [0.2, 0.25) is 0 Å². The molecular weight excluding hydrogens is 254 g/mol. The molecule has 1 heterocycles. The highest BCUT2D eigenvalue weighted by atomic mass is 16.4. The molecule has 4 heteroatoms. The van der Waals surface area contributed by atoms with E-state index in [2.05, 4.69) is 4.98 Å². The Bertz CT molecular complexity index is 552. The molecule has 0 aliphatic heterocycles. The summed E-state index contributed by atoms with van der Waals surface area (Å²) in [5, 5.41) is 18.1. The van der Waals surface area contributed by atoms with E-state index in [9.17, 15) is 9.90 Å². The third-order valence-electron chi connectivity index (χ3n) is 3.14. The van der Waals surface area contributed by atoms with Crippen molar-refractivity contribution in [3.8, 4) is 11.1 Å². The number of carboxylic acids is 1. The minimum Gasteiger partial charge on any atom is -0.481 e. The van der Waals surface area contributed by atoms with Gasteiger partial charge in [0.15, 0.2) is 0 Å². The average Bonchev–Trinajstić information content (AvgIpc) is 2.46. The summed E-state index contributed by atoms with van der Waals surface area (Å²) in [4.78, 5) is 14.4. The van der Waals surface area contributed by atoms with Crippen molar-refractivity contribution < 1.29 is 15.0 Å². The van der Waals surface area contributed by atoms with Crippen LogP contribution < -0.4 is 0 Å². The van der Waals surface area contributed by atoms with Gasteiger partial charge < -0.3 is 10.2 Å². The maximum absolute atomic E-state index is 10.5. The SMILES string of the molecule is O=C(O)CC(O)CCc1ccc(-c2ccncc2)cc1. The lowest BCUT2D eigenvalue weighted by Crippen LogP contribution is -2.13. The minimum atomic E-state index is -0.967. The fourth-order valence-electron chi connectivity index (χ4n) is 2.05. The number of aliphatic hydroxyl groups is 1. The van der Waals surface area contributed by atoms with Gasteiger partial charge in [-0.2, -0.15) is 0 Å². The van der Waals surface area contributed by atoms with Gasteiger partial charge in [-0.15, -0.1) is 0 Å². The van der Waals surface area contributed by atoms with E-state index in [1.54, 1.807) is 12.4 Å². The fourth-order valence-corrected chi connectivity index (χ4v) is 2.05. The molecule has 0 spiro atoms. The minimum absolute atomic E-state index is 0.199. The van der Waals surface area contributed by atoms with Crippen LogP contribution in [0.4, 0.5) is 0 Å². The number of carboxylic acid groups (broad SMARTS) is 1. The number of rotatable bonds is 6. The molecule has 2 aromatic rings. The largest absolute Gasteiger partial charge is 0.481 e. The first kappa shape index (κ1) is 14.2. The van der Waals surface area contributed by atoms with Crippen LogP contribution in [0.2, 0.25) is 0 Å². The highest BCUT2D eigenvalue weighted by Gasteiger charge is 2.09. The number of aryl methyl sites for hydroxylation is 1. The predicted octanol–water partition coefficient (Wildman–Crippen LogP) is 2.52. The van der Waals surface area contributed by atoms with Crippen LogP contribution >= 0.6 is 0 Å². The van der Waals surface area contributed by atoms with Gasteiger partial charge in [-0.3, -0.25) is 9.78 Å². The van der Waals surface area contributed by atoms with Crippen LogP contribution in [0.5, 0.6) is 0 Å². The van der Waals surface area contributed by atoms with Crippen molar-refractivity contribution in [2.45, 2.75) is 25.4 Å². The fraction of sp³-hybridized carbons (Fsp3) is 0.250. The lowest BCUT2D eigenvalue weighted by Gasteiger charge is -2.08. The van der Waals surface area contributed by atoms with E-state index in [1.807, 2.05) is 36.4 Å². The molecule has 0 saturated heterocycles. The number of aliphatic carboxylic acids is 1. The first-order valence-electron chi connectivity index (χ1n) is 6.54. The first-order valence-corrected chi connectivity index (χ1v) is 6.54. The number of nitrogens with zero attached hydrogens (tertiary/aromatic N) is 1. The van der Waals surface area contributed by atoms with Crippen LogP contribution in [-0.2, 0) is 11.2 Å². The van der Waals surface area contributed by atoms with Crippen molar-refractivity contribution in [2.24, 2.45) is 0 Å². The van der Waals surface area contributed by atoms with Gasteiger partial charge in [-0.05, 0) is 41.7 Å². The Kier molecular flexibility index (Phi) is 4.85. The number of carbonyl (C=O) groups is 1. The third kappa shape index (κ3) is 4.17. The highest BCUT2D eigenvalue weighted by molar-refractivity contribution is 5.67. The van der Waals surface area contributed by atoms with Gasteiger partial charge in [-0.25, -0.2) is 0 Å². The smallest absolute Gasteiger partial charge is 0.305 e. The summed E-state index contributed by atoms with van der Waals surface area (Å²) in [6.45, 7) is 0. The van der Waals surface area contributed by atoms with Crippen molar-refractivity contribution in [1.82, 2.24) is 4.98 Å². The van der Waals surface area contributed by atoms with E-state index in [1.165, 1.54) is 0 Å². The van der Waals surface area contributed by atoms with E-state index < -0.39 is 12.1 Å². The molecule has 2 N–H and O–H groups in total. The summed E-state index contributed by atoms with van der Waals surface area (Å²) >= 11 is 0. The standard InChI is InChI=1S/C16H17NO3/c18-15(11-16(19)20)6-3-12-1-4-13(5-2-12)14-7-9-17-10-8-14/h1-2,4-5,7-10,15,18H,3,6,11H2,(H,19,20). The van der Waals surface area contributed by atoms with Gasteiger partial charge in [0.1, 0.15) is 0 Å². The van der Waals surface area contributed by atoms with Crippen molar-refractivity contribution in [3.05, 3.63) is 54.4 Å². The Morgan fingerprint density at radius 3 is 2.25 bits per heavy atom. The van der Waals surface area contributed by atoms with Crippen LogP contribution in [0.1, 0.15) is 18.4 Å². The van der Waals surface area contributed by atoms with Crippen molar-refractivity contribution in [3.63, 3.8) is 0 Å². The van der Waals surface area contributed by atoms with E-state index in [0.717, 1.165) is 16.7 Å². The monoisotopic (exact) mass is 271 g/mol. The van der Waals surface area contributed by atoms with Crippen molar-refractivity contribution in [1.29, 1.82) is 0 Å². The maximum atomic E-state index is 10.5. The van der Waals surface area contributed by atoms with Crippen LogP contribution in [0.25, 0.3) is 11.1 Å². The predicted molar refractivity (Wildman–Crippen MR) is 76.3 cm³/mol. The molecule has 4 nitrogen and oxygen atoms in total. The summed E-state index contributed by atoms with van der Waals surface area (Å²) in [7, 11) is 0. The molecule has 1 aromatic carbocycles. The summed E-state index contributed by atoms with van der Waals surface area (Å²) in [5.74, 6) is -0.967. The molecule has 0 radical (unpaired) electrons. The topological polar surface area (TPSA) is 70.4 Å². The molecule has 0 fully saturated rings. The average molecular weight is 271 g/mol. The number of pyridine rings is 1. The second-order valence-corrected chi connectivity index (χ2v) is 4.72. The molecule has 2 rings (SSSR count). The van der Waals surface area contributed by atoms with Gasteiger partial charge in [0, 0.05) is 12.4 Å². The Morgan fingerprint density at radius 1 is 1.05 bits per heavy atom. The Labute approximate surface area is 117 Å². The Hall–Kier alpha value is -2.20. The molecule has 0 aliphatic carbocycles. The lowest BCUT2D eigenvalue weighted by atomic mass is 10.0. The van der Waals surface area contributed by atoms with Gasteiger partial charge in [-0.1, -0.05) is 24.3 Å². The maximum Gasteiger partial charge on any atom is 0.305 e. The number of benzene rings is 1. The van der Waals surface area contributed by atoms with Crippen LogP contribution in [0.15, 0.2) is 48.8 Å². The van der Waals surface area contributed by atoms with Crippen LogP contribution in [0.3, 0.4) is 0 Å². The molecule has 0 saturated carbocycles. The van der Waals surface area contributed by atoms with Gasteiger partial charge in [0.05, 0.1) is 12.5 Å². The number of hydrogen-bond acceptors (Lipinski definition) is 3. The molecule has 1 aromatic heterocycles. The van der Waals surface area contributed by atoms with E-state index >= 15 is 0 Å². The van der Waals surface area contributed by atoms with Crippen molar-refractivity contribution in [2.75, 3.05) is 0 Å². The normalized spacial score (nSPS) is 12.1. The Morgan fingerprint density at radius 2 is 1.65 bits per heavy atom. The zero-order chi connectivity index (χ0) is 14.4. The summed E-state index contributed by atoms with van der Waals surface area (Å²) < 4.78 is 0. The molecule has 0 bridgehead atoms. The van der Waals surface area contributed by atoms with Gasteiger partial charge >= 0.3 is 5.97 Å². The van der Waals surface area contributed by atoms with Crippen LogP contribution in [-0.4, -0.2) is 27.3 Å². The molecular formula is C16H17NO3. The van der Waals surface area contributed by atoms with Crippen molar-refractivity contribution >= 4 is 5.97 Å². The molecule has 0 amide bonds. The highest BCUT2D eigenvalue weighted by Crippen LogP contribution is 2.19. The third-order valence-corrected chi connectivity index (χ3v) is 3.14. The summed E-state index contributed by atoms with van der Waals surface area (Å²) in [6.07, 6.45) is 3.66. The molecule has 1 atom stereocenters. The van der Waals surface area contributed by atoms with E-state index in [4.69, 9.17) is 5.11 Å². The van der Waals surface area contributed by atoms with E-state index in [0.29, 0.717) is 12.8 Å². The van der Waals surface area contributed by atoms with Gasteiger partial charge in [0.25, 0.3) is 0 Å². The number of hydrogen-bond donors (Lipinski definition) is 2. The second kappa shape index (κ2) is 6.82. The molecule has 104 valence electrons. The molecule has 20 heavy (non-hydrogen) atoms. The summed E-state index contributed by atoms with van der Waals surface area (Å²) in [5.41, 5.74) is 3.31.